The number of benzene rings is 2. The number of rotatable bonds is 4. The van der Waals surface area contributed by atoms with Gasteiger partial charge in [0.05, 0.1) is 14.2 Å². The molecule has 0 spiro atoms. The van der Waals surface area contributed by atoms with Gasteiger partial charge in [-0.3, -0.25) is 4.79 Å². The number of aromatic nitrogens is 3. The van der Waals surface area contributed by atoms with Crippen LogP contribution in [0.5, 0.6) is 11.5 Å². The molecule has 1 aliphatic carbocycles. The van der Waals surface area contributed by atoms with Gasteiger partial charge in [0.15, 0.2) is 11.6 Å². The Morgan fingerprint density at radius 1 is 1.03 bits per heavy atom. The molecule has 5 rings (SSSR count). The Bertz CT molecular complexity index is 1150. The molecular weight excluding hydrogens is 380 g/mol. The zero-order valence-electron chi connectivity index (χ0n) is 16.9. The number of fused-ring (bicyclic) bond motifs is 1. The molecule has 0 radical (unpaired) electrons. The van der Waals surface area contributed by atoms with Gasteiger partial charge in [0.25, 0.3) is 0 Å². The number of anilines is 1. The Hall–Kier alpha value is -3.61. The standard InChI is InChI=1S/C23H22N4O3/c1-29-16-11-9-14(10-12-16)21-20-18(7-4-8-19(20)28)24-23-25-22(26-27(21)23)15-5-3-6-17(13-15)30-2/h3,5-6,9-13,21H,4,7-8H2,1-2H3,(H,24,25,26)/t21-/m1/s1. The molecule has 0 saturated carbocycles. The normalized spacial score (nSPS) is 17.8. The second-order valence-corrected chi connectivity index (χ2v) is 7.41. The zero-order valence-corrected chi connectivity index (χ0v) is 16.9. The molecule has 1 atom stereocenters. The lowest BCUT2D eigenvalue weighted by molar-refractivity contribution is -0.116. The van der Waals surface area contributed by atoms with Gasteiger partial charge in [0.1, 0.15) is 17.5 Å². The van der Waals surface area contributed by atoms with Crippen LogP contribution in [-0.2, 0) is 4.79 Å². The Kier molecular flexibility index (Phi) is 4.50. The highest BCUT2D eigenvalue weighted by atomic mass is 16.5. The van der Waals surface area contributed by atoms with Gasteiger partial charge in [-0.05, 0) is 42.7 Å². The van der Waals surface area contributed by atoms with Gasteiger partial charge in [-0.2, -0.15) is 4.98 Å². The van der Waals surface area contributed by atoms with Crippen molar-refractivity contribution in [2.24, 2.45) is 0 Å². The van der Waals surface area contributed by atoms with Crippen molar-refractivity contribution in [1.82, 2.24) is 14.8 Å². The van der Waals surface area contributed by atoms with Crippen molar-refractivity contribution in [3.8, 4) is 22.9 Å². The summed E-state index contributed by atoms with van der Waals surface area (Å²) in [4.78, 5) is 17.6. The highest BCUT2D eigenvalue weighted by Gasteiger charge is 2.36. The van der Waals surface area contributed by atoms with E-state index in [2.05, 4.69) is 5.32 Å². The summed E-state index contributed by atoms with van der Waals surface area (Å²) in [5.41, 5.74) is 3.56. The van der Waals surface area contributed by atoms with Crippen molar-refractivity contribution in [2.75, 3.05) is 19.5 Å². The minimum Gasteiger partial charge on any atom is -0.497 e. The molecule has 0 fully saturated rings. The van der Waals surface area contributed by atoms with Crippen LogP contribution in [0.15, 0.2) is 59.8 Å². The third kappa shape index (κ3) is 3.03. The van der Waals surface area contributed by atoms with Crippen LogP contribution < -0.4 is 14.8 Å². The molecular formula is C23H22N4O3. The van der Waals surface area contributed by atoms with E-state index in [0.29, 0.717) is 18.2 Å². The average molecular weight is 402 g/mol. The first-order valence-electron chi connectivity index (χ1n) is 9.96. The number of nitrogens with zero attached hydrogens (tertiary/aromatic N) is 3. The van der Waals surface area contributed by atoms with Crippen molar-refractivity contribution >= 4 is 11.7 Å². The number of hydrogen-bond donors (Lipinski definition) is 1. The second-order valence-electron chi connectivity index (χ2n) is 7.41. The SMILES string of the molecule is COc1ccc([C@@H]2C3=C(CCCC3=O)Nc3nc(-c4cccc(OC)c4)nn32)cc1. The van der Waals surface area contributed by atoms with E-state index in [1.165, 1.54) is 0 Å². The second kappa shape index (κ2) is 7.33. The third-order valence-corrected chi connectivity index (χ3v) is 5.63. The molecule has 0 unspecified atom stereocenters. The molecule has 1 aromatic heterocycles. The van der Waals surface area contributed by atoms with Gasteiger partial charge in [-0.15, -0.1) is 5.10 Å². The maximum absolute atomic E-state index is 12.9. The van der Waals surface area contributed by atoms with E-state index >= 15 is 0 Å². The molecule has 1 N–H and O–H groups in total. The van der Waals surface area contributed by atoms with Gasteiger partial charge in [0, 0.05) is 23.3 Å². The first-order valence-corrected chi connectivity index (χ1v) is 9.96. The summed E-state index contributed by atoms with van der Waals surface area (Å²) in [6.45, 7) is 0. The summed E-state index contributed by atoms with van der Waals surface area (Å²) < 4.78 is 12.5. The maximum Gasteiger partial charge on any atom is 0.226 e. The number of ketones is 1. The minimum absolute atomic E-state index is 0.161. The zero-order chi connectivity index (χ0) is 20.7. The molecule has 0 amide bonds. The first kappa shape index (κ1) is 18.4. The molecule has 152 valence electrons. The topological polar surface area (TPSA) is 78.3 Å². The number of Topliss-reactive ketones (excluding diaryl/α,β-unsaturated/α-hetero) is 1. The molecule has 1 aliphatic heterocycles. The lowest BCUT2D eigenvalue weighted by Gasteiger charge is -2.32. The number of ether oxygens (including phenoxy) is 2. The highest BCUT2D eigenvalue weighted by molar-refractivity contribution is 5.99. The van der Waals surface area contributed by atoms with Crippen LogP contribution in [-0.4, -0.2) is 34.8 Å². The number of methoxy groups -OCH3 is 2. The Balaban J connectivity index is 1.64. The summed E-state index contributed by atoms with van der Waals surface area (Å²) >= 11 is 0. The van der Waals surface area contributed by atoms with E-state index < -0.39 is 0 Å². The quantitative estimate of drug-likeness (QED) is 0.711. The largest absolute Gasteiger partial charge is 0.497 e. The summed E-state index contributed by atoms with van der Waals surface area (Å²) in [7, 11) is 3.27. The third-order valence-electron chi connectivity index (χ3n) is 5.63. The van der Waals surface area contributed by atoms with Crippen LogP contribution in [0.1, 0.15) is 30.9 Å². The van der Waals surface area contributed by atoms with Crippen molar-refractivity contribution in [3.63, 3.8) is 0 Å². The molecule has 0 saturated heterocycles. The maximum atomic E-state index is 12.9. The lowest BCUT2D eigenvalue weighted by atomic mass is 9.85. The molecule has 0 bridgehead atoms. The molecule has 2 aliphatic rings. The highest BCUT2D eigenvalue weighted by Crippen LogP contribution is 2.41. The van der Waals surface area contributed by atoms with Gasteiger partial charge in [-0.1, -0.05) is 24.3 Å². The monoisotopic (exact) mass is 402 g/mol. The molecule has 2 aromatic carbocycles. The Labute approximate surface area is 174 Å². The fraction of sp³-hybridized carbons (Fsp3) is 0.261. The van der Waals surface area contributed by atoms with Crippen molar-refractivity contribution < 1.29 is 14.3 Å². The predicted molar refractivity (Wildman–Crippen MR) is 113 cm³/mol. The van der Waals surface area contributed by atoms with Crippen molar-refractivity contribution in [1.29, 1.82) is 0 Å². The smallest absolute Gasteiger partial charge is 0.226 e. The number of carbonyl (C=O) groups is 1. The number of nitrogens with one attached hydrogen (secondary N) is 1. The van der Waals surface area contributed by atoms with Crippen molar-refractivity contribution in [3.05, 3.63) is 65.4 Å². The minimum atomic E-state index is -0.318. The van der Waals surface area contributed by atoms with Crippen LogP contribution in [0.3, 0.4) is 0 Å². The molecule has 2 heterocycles. The summed E-state index contributed by atoms with van der Waals surface area (Å²) in [5.74, 6) is 2.90. The van der Waals surface area contributed by atoms with E-state index in [-0.39, 0.29) is 11.8 Å². The Morgan fingerprint density at radius 3 is 2.60 bits per heavy atom. The number of carbonyl (C=O) groups excluding carboxylic acids is 1. The van der Waals surface area contributed by atoms with Gasteiger partial charge in [0.2, 0.25) is 5.95 Å². The van der Waals surface area contributed by atoms with E-state index in [9.17, 15) is 4.79 Å². The van der Waals surface area contributed by atoms with Gasteiger partial charge < -0.3 is 14.8 Å². The van der Waals surface area contributed by atoms with Crippen LogP contribution in [0.4, 0.5) is 5.95 Å². The van der Waals surface area contributed by atoms with E-state index in [0.717, 1.165) is 46.7 Å². The molecule has 7 heteroatoms. The molecule has 3 aromatic rings. The van der Waals surface area contributed by atoms with E-state index in [1.54, 1.807) is 14.2 Å². The fourth-order valence-corrected chi connectivity index (χ4v) is 4.14. The van der Waals surface area contributed by atoms with E-state index in [4.69, 9.17) is 19.6 Å². The molecule has 30 heavy (non-hydrogen) atoms. The van der Waals surface area contributed by atoms with Crippen molar-refractivity contribution in [2.45, 2.75) is 25.3 Å². The number of allylic oxidation sites excluding steroid dienone is 2. The average Bonchev–Trinajstić information content (AvgIpc) is 3.22. The van der Waals surface area contributed by atoms with Crippen LogP contribution >= 0.6 is 0 Å². The van der Waals surface area contributed by atoms with Crippen LogP contribution in [0, 0.1) is 0 Å². The lowest BCUT2D eigenvalue weighted by Crippen LogP contribution is -2.31. The van der Waals surface area contributed by atoms with Gasteiger partial charge >= 0.3 is 0 Å². The van der Waals surface area contributed by atoms with Crippen LogP contribution in [0.25, 0.3) is 11.4 Å². The predicted octanol–water partition coefficient (Wildman–Crippen LogP) is 3.98. The van der Waals surface area contributed by atoms with E-state index in [1.807, 2.05) is 53.2 Å². The van der Waals surface area contributed by atoms with Crippen LogP contribution in [0.2, 0.25) is 0 Å². The first-order chi connectivity index (χ1) is 14.7. The fourth-order valence-electron chi connectivity index (χ4n) is 4.14. The summed E-state index contributed by atoms with van der Waals surface area (Å²) in [5, 5.41) is 8.15. The summed E-state index contributed by atoms with van der Waals surface area (Å²) in [6.07, 6.45) is 2.23. The van der Waals surface area contributed by atoms with Gasteiger partial charge in [-0.25, -0.2) is 4.68 Å². The number of hydrogen-bond acceptors (Lipinski definition) is 6. The Morgan fingerprint density at radius 2 is 1.83 bits per heavy atom. The summed E-state index contributed by atoms with van der Waals surface area (Å²) in [6, 6.07) is 15.1. The molecule has 7 nitrogen and oxygen atoms in total.